The normalized spacial score (nSPS) is 17.2. The third-order valence-corrected chi connectivity index (χ3v) is 4.31. The average molecular weight is 312 g/mol. The average Bonchev–Trinajstić information content (AvgIpc) is 2.91. The fourth-order valence-electron chi connectivity index (χ4n) is 3.06. The van der Waals surface area contributed by atoms with Gasteiger partial charge in [-0.3, -0.25) is 9.69 Å². The minimum absolute atomic E-state index is 0.211. The van der Waals surface area contributed by atoms with E-state index in [1.165, 1.54) is 6.92 Å². The Morgan fingerprint density at radius 3 is 2.74 bits per heavy atom. The fraction of sp³-hybridized carbons (Fsp3) is 0.412. The highest BCUT2D eigenvalue weighted by molar-refractivity contribution is 5.80. The largest absolute Gasteiger partial charge is 0.384 e. The van der Waals surface area contributed by atoms with Gasteiger partial charge >= 0.3 is 0 Å². The Kier molecular flexibility index (Phi) is 4.33. The number of piperazine rings is 1. The predicted molar refractivity (Wildman–Crippen MR) is 85.6 cm³/mol. The van der Waals surface area contributed by atoms with Crippen molar-refractivity contribution in [1.29, 1.82) is 5.26 Å². The number of fused-ring (bicyclic) bond motifs is 1. The van der Waals surface area contributed by atoms with Crippen molar-refractivity contribution in [3.8, 4) is 6.07 Å². The lowest BCUT2D eigenvalue weighted by atomic mass is 10.1. The maximum atomic E-state index is 11.8. The summed E-state index contributed by atoms with van der Waals surface area (Å²) in [5, 5.41) is 18.8. The molecule has 3 rings (SSSR count). The van der Waals surface area contributed by atoms with E-state index in [0.29, 0.717) is 25.2 Å². The molecule has 3 heterocycles. The number of carbonyl (C=O) groups is 1. The highest BCUT2D eigenvalue weighted by atomic mass is 16.3. The number of nitriles is 1. The smallest absolute Gasteiger partial charge is 0.251 e. The monoisotopic (exact) mass is 312 g/mol. The van der Waals surface area contributed by atoms with E-state index in [2.05, 4.69) is 11.0 Å². The summed E-state index contributed by atoms with van der Waals surface area (Å²) in [6, 6.07) is 8.12. The summed E-state index contributed by atoms with van der Waals surface area (Å²) >= 11 is 0. The maximum absolute atomic E-state index is 11.8. The lowest BCUT2D eigenvalue weighted by molar-refractivity contribution is -0.141. The highest BCUT2D eigenvalue weighted by Gasteiger charge is 2.24. The van der Waals surface area contributed by atoms with Crippen LogP contribution in [-0.2, 0) is 11.3 Å². The first-order valence-corrected chi connectivity index (χ1v) is 7.78. The first-order valence-electron chi connectivity index (χ1n) is 7.78. The molecule has 6 heteroatoms. The Morgan fingerprint density at radius 1 is 1.35 bits per heavy atom. The van der Waals surface area contributed by atoms with E-state index in [1.54, 1.807) is 4.90 Å². The molecular weight excluding hydrogens is 292 g/mol. The summed E-state index contributed by atoms with van der Waals surface area (Å²) in [5.74, 6) is -0.211. The number of aromatic nitrogens is 1. The van der Waals surface area contributed by atoms with Gasteiger partial charge in [0.1, 0.15) is 12.2 Å². The number of amides is 1. The molecule has 1 N–H and O–H groups in total. The number of rotatable bonds is 3. The zero-order valence-electron chi connectivity index (χ0n) is 13.1. The van der Waals surface area contributed by atoms with Gasteiger partial charge in [-0.2, -0.15) is 5.26 Å². The van der Waals surface area contributed by atoms with E-state index in [9.17, 15) is 15.2 Å². The molecule has 0 saturated carbocycles. The van der Waals surface area contributed by atoms with Crippen molar-refractivity contribution < 1.29 is 9.90 Å². The van der Waals surface area contributed by atoms with Crippen LogP contribution < -0.4 is 0 Å². The second-order valence-corrected chi connectivity index (χ2v) is 5.91. The molecule has 6 nitrogen and oxygen atoms in total. The molecule has 120 valence electrons. The molecule has 23 heavy (non-hydrogen) atoms. The van der Waals surface area contributed by atoms with Crippen LogP contribution in [0.5, 0.6) is 0 Å². The van der Waals surface area contributed by atoms with E-state index < -0.39 is 6.10 Å². The number of hydrogen-bond donors (Lipinski definition) is 1. The quantitative estimate of drug-likeness (QED) is 0.911. The summed E-state index contributed by atoms with van der Waals surface area (Å²) < 4.78 is 1.97. The highest BCUT2D eigenvalue weighted by Crippen LogP contribution is 2.20. The molecule has 0 spiro atoms. The standard InChI is InChI=1S/C17H20N4O2/c1-13(22)17(23)20-8-6-19(7-9-20)11-14-12-21-5-3-2-4-16(21)15(14)10-18/h2-5,12-13,22H,6-9,11H2,1H3. The summed E-state index contributed by atoms with van der Waals surface area (Å²) in [6.45, 7) is 4.91. The van der Waals surface area contributed by atoms with Crippen LogP contribution in [0.3, 0.4) is 0 Å². The van der Waals surface area contributed by atoms with Crippen molar-refractivity contribution in [2.45, 2.75) is 19.6 Å². The lowest BCUT2D eigenvalue weighted by Gasteiger charge is -2.35. The molecule has 2 aromatic rings. The van der Waals surface area contributed by atoms with Crippen molar-refractivity contribution in [3.05, 3.63) is 41.7 Å². The van der Waals surface area contributed by atoms with Crippen molar-refractivity contribution in [3.63, 3.8) is 0 Å². The van der Waals surface area contributed by atoms with Gasteiger partial charge in [0.25, 0.3) is 5.91 Å². The van der Waals surface area contributed by atoms with E-state index >= 15 is 0 Å². The molecule has 1 saturated heterocycles. The number of hydrogen-bond acceptors (Lipinski definition) is 4. The second kappa shape index (κ2) is 6.41. The van der Waals surface area contributed by atoms with E-state index in [0.717, 1.165) is 24.2 Å². The van der Waals surface area contributed by atoms with Crippen LogP contribution in [-0.4, -0.2) is 57.5 Å². The van der Waals surface area contributed by atoms with Crippen molar-refractivity contribution in [1.82, 2.24) is 14.2 Å². The van der Waals surface area contributed by atoms with Gasteiger partial charge in [-0.05, 0) is 19.1 Å². The number of aliphatic hydroxyl groups is 1. The molecule has 0 radical (unpaired) electrons. The van der Waals surface area contributed by atoms with E-state index in [-0.39, 0.29) is 5.91 Å². The molecule has 0 aromatic carbocycles. The summed E-state index contributed by atoms with van der Waals surface area (Å²) in [4.78, 5) is 15.7. The molecular formula is C17H20N4O2. The Bertz CT molecular complexity index is 752. The molecule has 0 aliphatic carbocycles. The number of nitrogens with zero attached hydrogens (tertiary/aromatic N) is 4. The van der Waals surface area contributed by atoms with Gasteiger partial charge in [-0.25, -0.2) is 0 Å². The Hall–Kier alpha value is -2.36. The molecule has 1 fully saturated rings. The Morgan fingerprint density at radius 2 is 2.09 bits per heavy atom. The topological polar surface area (TPSA) is 72.0 Å². The van der Waals surface area contributed by atoms with Crippen LogP contribution in [0.4, 0.5) is 0 Å². The summed E-state index contributed by atoms with van der Waals surface area (Å²) in [6.07, 6.45) is 3.00. The third-order valence-electron chi connectivity index (χ3n) is 4.31. The molecule has 0 bridgehead atoms. The van der Waals surface area contributed by atoms with Gasteiger partial charge in [0.05, 0.1) is 11.1 Å². The minimum Gasteiger partial charge on any atom is -0.384 e. The first kappa shape index (κ1) is 15.5. The van der Waals surface area contributed by atoms with E-state index in [4.69, 9.17) is 0 Å². The van der Waals surface area contributed by atoms with E-state index in [1.807, 2.05) is 35.0 Å². The zero-order valence-corrected chi connectivity index (χ0v) is 13.1. The van der Waals surface area contributed by atoms with Crippen LogP contribution in [0.25, 0.3) is 5.52 Å². The Labute approximate surface area is 135 Å². The molecule has 1 amide bonds. The van der Waals surface area contributed by atoms with Crippen molar-refractivity contribution in [2.75, 3.05) is 26.2 Å². The van der Waals surface area contributed by atoms with Crippen molar-refractivity contribution in [2.24, 2.45) is 0 Å². The number of pyridine rings is 1. The summed E-state index contributed by atoms with van der Waals surface area (Å²) in [7, 11) is 0. The fourth-order valence-corrected chi connectivity index (χ4v) is 3.06. The zero-order chi connectivity index (χ0) is 16.4. The molecule has 1 unspecified atom stereocenters. The maximum Gasteiger partial charge on any atom is 0.251 e. The minimum atomic E-state index is -0.941. The second-order valence-electron chi connectivity index (χ2n) is 5.91. The van der Waals surface area contributed by atoms with Crippen LogP contribution in [0, 0.1) is 11.3 Å². The lowest BCUT2D eigenvalue weighted by Crippen LogP contribution is -2.50. The predicted octanol–water partition coefficient (Wildman–Crippen LogP) is 0.836. The van der Waals surface area contributed by atoms with Crippen LogP contribution in [0.1, 0.15) is 18.1 Å². The molecule has 2 aromatic heterocycles. The van der Waals surface area contributed by atoms with Gasteiger partial charge in [0, 0.05) is 50.7 Å². The van der Waals surface area contributed by atoms with Crippen LogP contribution in [0.15, 0.2) is 30.6 Å². The number of aliphatic hydroxyl groups excluding tert-OH is 1. The molecule has 1 aliphatic heterocycles. The molecule has 1 atom stereocenters. The van der Waals surface area contributed by atoms with Gasteiger partial charge in [-0.15, -0.1) is 0 Å². The van der Waals surface area contributed by atoms with Gasteiger partial charge in [-0.1, -0.05) is 6.07 Å². The van der Waals surface area contributed by atoms with Crippen molar-refractivity contribution >= 4 is 11.4 Å². The number of carbonyl (C=O) groups excluding carboxylic acids is 1. The molecule has 1 aliphatic rings. The van der Waals surface area contributed by atoms with Crippen LogP contribution in [0.2, 0.25) is 0 Å². The van der Waals surface area contributed by atoms with Crippen LogP contribution >= 0.6 is 0 Å². The summed E-state index contributed by atoms with van der Waals surface area (Å²) in [5.41, 5.74) is 2.65. The SMILES string of the molecule is CC(O)C(=O)N1CCN(Cc2cn3ccccc3c2C#N)CC1. The van der Waals surface area contributed by atoms with Gasteiger partial charge in [0.2, 0.25) is 0 Å². The van der Waals surface area contributed by atoms with Gasteiger partial charge in [0.15, 0.2) is 0 Å². The third kappa shape index (κ3) is 3.07. The van der Waals surface area contributed by atoms with Gasteiger partial charge < -0.3 is 14.4 Å². The first-order chi connectivity index (χ1) is 11.1. The Balaban J connectivity index is 1.70.